The fourth-order valence-corrected chi connectivity index (χ4v) is 15.0. The second-order valence-electron chi connectivity index (χ2n) is 14.8. The molecule has 4 aliphatic heterocycles. The molecule has 4 N–H and O–H groups in total. The smallest absolute Gasteiger partial charge is 0.323 e. The van der Waals surface area contributed by atoms with E-state index < -0.39 is 39.9 Å². The molecule has 0 unspecified atom stereocenters. The highest BCUT2D eigenvalue weighted by atomic mass is 28.4. The van der Waals surface area contributed by atoms with Crippen LogP contribution < -0.4 is 21.3 Å². The summed E-state index contributed by atoms with van der Waals surface area (Å²) in [4.78, 5) is 26.4. The molecule has 0 saturated carbocycles. The van der Waals surface area contributed by atoms with Crippen molar-refractivity contribution in [3.05, 3.63) is 72.8 Å². The molecule has 4 heterocycles. The number of benzene rings is 2. The van der Waals surface area contributed by atoms with Gasteiger partial charge in [0.2, 0.25) is 0 Å². The number of rotatable bonds is 17. The summed E-state index contributed by atoms with van der Waals surface area (Å²) in [6, 6.07) is 18.0. The summed E-state index contributed by atoms with van der Waals surface area (Å²) < 4.78 is 26.0. The monoisotopic (exact) mass is 746 g/mol. The van der Waals surface area contributed by atoms with E-state index in [1.165, 1.54) is 0 Å². The number of carbonyl (C=O) groups excluding carboxylic acids is 2. The van der Waals surface area contributed by atoms with Gasteiger partial charge in [-0.15, -0.1) is 0 Å². The molecule has 52 heavy (non-hydrogen) atoms. The van der Waals surface area contributed by atoms with Gasteiger partial charge in [0.05, 0.1) is 0 Å². The van der Waals surface area contributed by atoms with Crippen molar-refractivity contribution in [1.29, 1.82) is 0 Å². The van der Waals surface area contributed by atoms with Gasteiger partial charge in [0.15, 0.2) is 16.6 Å². The van der Waals surface area contributed by atoms with Gasteiger partial charge >= 0.3 is 11.9 Å². The van der Waals surface area contributed by atoms with E-state index in [2.05, 4.69) is 112 Å². The topological polar surface area (TPSA) is 119 Å². The van der Waals surface area contributed by atoms with E-state index in [4.69, 9.17) is 18.3 Å². The highest BCUT2D eigenvalue weighted by Gasteiger charge is 2.60. The van der Waals surface area contributed by atoms with Gasteiger partial charge in [-0.25, -0.2) is 0 Å². The molecule has 2 aromatic carbocycles. The predicted molar refractivity (Wildman–Crippen MR) is 212 cm³/mol. The summed E-state index contributed by atoms with van der Waals surface area (Å²) in [5.41, 5.74) is 4.81. The van der Waals surface area contributed by atoms with E-state index in [0.29, 0.717) is 12.8 Å². The maximum absolute atomic E-state index is 13.2. The van der Waals surface area contributed by atoms with Crippen molar-refractivity contribution in [2.45, 2.75) is 126 Å². The zero-order chi connectivity index (χ0) is 37.3. The first kappa shape index (κ1) is 38.5. The Balaban J connectivity index is 1.42. The van der Waals surface area contributed by atoms with Crippen LogP contribution in [-0.2, 0) is 39.1 Å². The Morgan fingerprint density at radius 2 is 1.04 bits per heavy atom. The third-order valence-electron chi connectivity index (χ3n) is 12.5. The number of carbonyl (C=O) groups is 2. The number of anilines is 2. The molecule has 0 radical (unpaired) electrons. The second kappa shape index (κ2) is 15.2. The fourth-order valence-electron chi connectivity index (χ4n) is 8.99. The molecule has 6 rings (SSSR count). The van der Waals surface area contributed by atoms with Gasteiger partial charge in [-0.2, -0.15) is 0 Å². The van der Waals surface area contributed by atoms with Crippen LogP contribution in [0.2, 0.25) is 36.3 Å². The summed E-state index contributed by atoms with van der Waals surface area (Å²) >= 11 is 0. The summed E-state index contributed by atoms with van der Waals surface area (Å²) in [5.74, 6) is -0.579. The van der Waals surface area contributed by atoms with Crippen LogP contribution in [0.15, 0.2) is 61.7 Å². The van der Waals surface area contributed by atoms with Crippen molar-refractivity contribution in [1.82, 2.24) is 10.6 Å². The Morgan fingerprint density at radius 1 is 0.673 bits per heavy atom. The first-order valence-corrected chi connectivity index (χ1v) is 24.4. The average molecular weight is 747 g/mol. The van der Waals surface area contributed by atoms with Crippen molar-refractivity contribution in [2.24, 2.45) is 0 Å². The maximum atomic E-state index is 13.2. The molecule has 0 aromatic heterocycles. The normalized spacial score (nSPS) is 27.1. The minimum Gasteiger partial charge on any atom is -0.460 e. The van der Waals surface area contributed by atoms with Gasteiger partial charge in [-0.05, 0) is 71.7 Å². The fraction of sp³-hybridized carbons (Fsp3) is 0.550. The number of ether oxygens (including phenoxy) is 2. The van der Waals surface area contributed by atoms with Gasteiger partial charge < -0.3 is 29.0 Å². The van der Waals surface area contributed by atoms with E-state index in [-0.39, 0.29) is 37.5 Å². The van der Waals surface area contributed by atoms with Crippen LogP contribution in [0.1, 0.15) is 65.5 Å². The molecule has 10 nitrogen and oxygen atoms in total. The molecule has 2 aromatic rings. The van der Waals surface area contributed by atoms with E-state index >= 15 is 0 Å². The lowest BCUT2D eigenvalue weighted by Crippen LogP contribution is -2.51. The first-order valence-electron chi connectivity index (χ1n) is 19.3. The van der Waals surface area contributed by atoms with Crippen molar-refractivity contribution < 1.29 is 27.9 Å². The average Bonchev–Trinajstić information content (AvgIpc) is 3.88. The van der Waals surface area contributed by atoms with Crippen LogP contribution in [0, 0.1) is 0 Å². The number of hydrogen-bond acceptors (Lipinski definition) is 10. The van der Waals surface area contributed by atoms with Gasteiger partial charge in [0.1, 0.15) is 48.8 Å². The van der Waals surface area contributed by atoms with Crippen LogP contribution in [0.5, 0.6) is 0 Å². The van der Waals surface area contributed by atoms with E-state index in [1.54, 1.807) is 12.2 Å². The third kappa shape index (κ3) is 6.49. The Hall–Kier alpha value is -3.27. The van der Waals surface area contributed by atoms with Crippen molar-refractivity contribution >= 4 is 39.9 Å². The van der Waals surface area contributed by atoms with Crippen LogP contribution in [0.3, 0.4) is 0 Å². The summed E-state index contributed by atoms with van der Waals surface area (Å²) in [6.45, 7) is 21.2. The highest BCUT2D eigenvalue weighted by molar-refractivity contribution is 6.74. The third-order valence-corrected chi connectivity index (χ3v) is 21.8. The summed E-state index contributed by atoms with van der Waals surface area (Å²) in [5, 5.41) is 14.4. The molecule has 2 saturated heterocycles. The Bertz CT molecular complexity index is 1540. The van der Waals surface area contributed by atoms with Crippen LogP contribution >= 0.6 is 0 Å². The van der Waals surface area contributed by atoms with Crippen LogP contribution in [0.4, 0.5) is 11.4 Å². The van der Waals surface area contributed by atoms with Crippen molar-refractivity contribution in [2.75, 3.05) is 23.8 Å². The number of fused-ring (bicyclic) bond motifs is 6. The molecule has 6 atom stereocenters. The Kier molecular flexibility index (Phi) is 11.3. The quantitative estimate of drug-likeness (QED) is 0.0738. The minimum absolute atomic E-state index is 0.172. The van der Waals surface area contributed by atoms with E-state index in [9.17, 15) is 9.59 Å². The SMILES string of the molecule is C=CCOC(=O)[C@@H]1C[C@@]2(O[Si](CC)(CC)CC)c3cc(-c4ccc5c(c4)[C@]4(O[Si](CC)(CC)CC)C[C@@H](C(=O)OCC=C)N[C@@H]4N5)ccc3N[C@H]2N1. The standard InChI is InChI=1S/C40H58N4O6Si2/c1-9-21-47-35(45)33-25-39(49-51(11-3,12-4)13-5)29-23-27(17-19-31(29)41-37(39)43-33)28-18-20-32-30(24-28)40(50-52(14-6,15-7)16-8)26-34(44-38(40)42-32)36(46)48-22-10-2/h9-10,17-20,23-24,33-34,37-38,41-44H,1-2,11-16,21-22,25-26H2,3-8H3/t33-,34-,37-,38-,39+,40+/m0/s1. The molecule has 4 aliphatic rings. The Morgan fingerprint density at radius 3 is 1.37 bits per heavy atom. The van der Waals surface area contributed by atoms with E-state index in [0.717, 1.165) is 69.9 Å². The minimum atomic E-state index is -2.15. The van der Waals surface area contributed by atoms with Crippen LogP contribution in [0.25, 0.3) is 11.1 Å². The number of nitrogens with one attached hydrogen (secondary N) is 4. The summed E-state index contributed by atoms with van der Waals surface area (Å²) in [6.07, 6.45) is 3.61. The highest BCUT2D eigenvalue weighted by Crippen LogP contribution is 2.54. The Labute approximate surface area is 311 Å². The summed E-state index contributed by atoms with van der Waals surface area (Å²) in [7, 11) is -4.30. The van der Waals surface area contributed by atoms with Gasteiger partial charge in [-0.3, -0.25) is 20.2 Å². The molecule has 282 valence electrons. The maximum Gasteiger partial charge on any atom is 0.323 e. The number of esters is 2. The first-order chi connectivity index (χ1) is 25.0. The second-order valence-corrected chi connectivity index (χ2v) is 24.2. The molecule has 0 spiro atoms. The lowest BCUT2D eigenvalue weighted by atomic mass is 9.87. The zero-order valence-corrected chi connectivity index (χ0v) is 33.9. The lowest BCUT2D eigenvalue weighted by molar-refractivity contribution is -0.145. The van der Waals surface area contributed by atoms with Gasteiger partial charge in [0, 0.05) is 35.3 Å². The van der Waals surface area contributed by atoms with E-state index in [1.807, 2.05) is 0 Å². The molecule has 12 heteroatoms. The number of hydrogen-bond donors (Lipinski definition) is 4. The largest absolute Gasteiger partial charge is 0.460 e. The van der Waals surface area contributed by atoms with Gasteiger partial charge in [0.25, 0.3) is 0 Å². The lowest BCUT2D eigenvalue weighted by Gasteiger charge is -2.40. The molecule has 0 aliphatic carbocycles. The molecule has 0 amide bonds. The van der Waals surface area contributed by atoms with Crippen molar-refractivity contribution in [3.8, 4) is 11.1 Å². The molecule has 2 fully saturated rings. The molecular formula is C40H58N4O6Si2. The zero-order valence-electron chi connectivity index (χ0n) is 31.9. The molecular weight excluding hydrogens is 689 g/mol. The van der Waals surface area contributed by atoms with Crippen LogP contribution in [-0.4, -0.2) is 66.2 Å². The molecule has 0 bridgehead atoms. The van der Waals surface area contributed by atoms with Crippen molar-refractivity contribution in [3.63, 3.8) is 0 Å². The van der Waals surface area contributed by atoms with Gasteiger partial charge in [-0.1, -0.05) is 79.0 Å². The predicted octanol–water partition coefficient (Wildman–Crippen LogP) is 7.47.